The van der Waals surface area contributed by atoms with Gasteiger partial charge in [0, 0.05) is 24.0 Å². The number of fused-ring (bicyclic) bond motifs is 3. The predicted molar refractivity (Wildman–Crippen MR) is 120 cm³/mol. The molecule has 166 valence electrons. The number of halogens is 1. The SMILES string of the molecule is Cc1nonc1CN(C)C1CCc2c(sc3ncn(CCc4ccc(F)cc4)c(=O)c23)C1. The van der Waals surface area contributed by atoms with E-state index in [1.165, 1.54) is 17.0 Å². The second-order valence-corrected chi connectivity index (χ2v) is 9.50. The minimum atomic E-state index is -0.254. The molecule has 0 bridgehead atoms. The van der Waals surface area contributed by atoms with E-state index in [9.17, 15) is 9.18 Å². The fourth-order valence-electron chi connectivity index (χ4n) is 4.38. The predicted octanol–water partition coefficient (Wildman–Crippen LogP) is 3.52. The zero-order valence-corrected chi connectivity index (χ0v) is 18.9. The van der Waals surface area contributed by atoms with Crippen molar-refractivity contribution in [3.8, 4) is 0 Å². The number of thiophene rings is 1. The minimum Gasteiger partial charge on any atom is -0.298 e. The van der Waals surface area contributed by atoms with Crippen LogP contribution in [0.25, 0.3) is 10.2 Å². The van der Waals surface area contributed by atoms with Gasteiger partial charge < -0.3 is 0 Å². The summed E-state index contributed by atoms with van der Waals surface area (Å²) in [5.41, 5.74) is 3.85. The largest absolute Gasteiger partial charge is 0.298 e. The van der Waals surface area contributed by atoms with Gasteiger partial charge in [0.05, 0.1) is 11.7 Å². The molecular formula is C23H24FN5O2S. The molecule has 7 nitrogen and oxygen atoms in total. The average molecular weight is 454 g/mol. The van der Waals surface area contributed by atoms with Gasteiger partial charge in [0.1, 0.15) is 22.0 Å². The summed E-state index contributed by atoms with van der Waals surface area (Å²) in [6.45, 7) is 3.11. The Morgan fingerprint density at radius 2 is 2.09 bits per heavy atom. The Labute approximate surface area is 188 Å². The van der Waals surface area contributed by atoms with Crippen LogP contribution < -0.4 is 5.56 Å². The van der Waals surface area contributed by atoms with E-state index in [-0.39, 0.29) is 11.4 Å². The van der Waals surface area contributed by atoms with Crippen molar-refractivity contribution in [1.82, 2.24) is 24.8 Å². The molecule has 9 heteroatoms. The van der Waals surface area contributed by atoms with Crippen molar-refractivity contribution in [1.29, 1.82) is 0 Å². The first-order valence-electron chi connectivity index (χ1n) is 10.7. The number of nitrogens with zero attached hydrogens (tertiary/aromatic N) is 5. The molecule has 0 fully saturated rings. The van der Waals surface area contributed by atoms with Crippen LogP contribution in [0.2, 0.25) is 0 Å². The van der Waals surface area contributed by atoms with Gasteiger partial charge in [0.15, 0.2) is 0 Å². The Hall–Kier alpha value is -2.91. The van der Waals surface area contributed by atoms with Crippen LogP contribution in [0.4, 0.5) is 4.39 Å². The molecule has 0 amide bonds. The summed E-state index contributed by atoms with van der Waals surface area (Å²) >= 11 is 1.63. The number of aromatic nitrogens is 4. The molecule has 0 N–H and O–H groups in total. The van der Waals surface area contributed by atoms with Gasteiger partial charge in [-0.25, -0.2) is 14.0 Å². The maximum absolute atomic E-state index is 13.2. The van der Waals surface area contributed by atoms with Crippen LogP contribution in [0.15, 0.2) is 40.0 Å². The van der Waals surface area contributed by atoms with Crippen LogP contribution in [0.1, 0.15) is 33.8 Å². The van der Waals surface area contributed by atoms with Gasteiger partial charge in [-0.1, -0.05) is 22.4 Å². The molecular weight excluding hydrogens is 429 g/mol. The molecule has 1 unspecified atom stereocenters. The fourth-order valence-corrected chi connectivity index (χ4v) is 5.63. The molecule has 1 aliphatic rings. The van der Waals surface area contributed by atoms with E-state index in [4.69, 9.17) is 4.63 Å². The van der Waals surface area contributed by atoms with E-state index in [1.807, 2.05) is 6.92 Å². The van der Waals surface area contributed by atoms with E-state index in [0.717, 1.165) is 52.0 Å². The lowest BCUT2D eigenvalue weighted by Crippen LogP contribution is -2.36. The second kappa shape index (κ2) is 8.55. The highest BCUT2D eigenvalue weighted by Gasteiger charge is 2.28. The van der Waals surface area contributed by atoms with Gasteiger partial charge in [-0.15, -0.1) is 11.3 Å². The highest BCUT2D eigenvalue weighted by molar-refractivity contribution is 7.18. The van der Waals surface area contributed by atoms with E-state index in [1.54, 1.807) is 34.4 Å². The molecule has 1 atom stereocenters. The summed E-state index contributed by atoms with van der Waals surface area (Å²) in [6, 6.07) is 6.77. The third-order valence-electron chi connectivity index (χ3n) is 6.33. The Kier molecular flexibility index (Phi) is 5.60. The number of hydrogen-bond acceptors (Lipinski definition) is 7. The van der Waals surface area contributed by atoms with Crippen molar-refractivity contribution < 1.29 is 9.02 Å². The van der Waals surface area contributed by atoms with Crippen LogP contribution in [-0.2, 0) is 32.4 Å². The zero-order chi connectivity index (χ0) is 22.2. The maximum Gasteiger partial charge on any atom is 0.262 e. The monoisotopic (exact) mass is 453 g/mol. The fraction of sp³-hybridized carbons (Fsp3) is 0.391. The molecule has 0 radical (unpaired) electrons. The number of benzene rings is 1. The van der Waals surface area contributed by atoms with E-state index < -0.39 is 0 Å². The highest BCUT2D eigenvalue weighted by Crippen LogP contribution is 2.35. The molecule has 32 heavy (non-hydrogen) atoms. The molecule has 4 aromatic rings. The van der Waals surface area contributed by atoms with Crippen LogP contribution >= 0.6 is 11.3 Å². The summed E-state index contributed by atoms with van der Waals surface area (Å²) in [7, 11) is 2.10. The average Bonchev–Trinajstić information content (AvgIpc) is 3.37. The van der Waals surface area contributed by atoms with E-state index in [0.29, 0.717) is 25.6 Å². The van der Waals surface area contributed by atoms with Crippen molar-refractivity contribution in [2.45, 2.75) is 51.7 Å². The summed E-state index contributed by atoms with van der Waals surface area (Å²) in [6.07, 6.45) is 5.03. The number of rotatable bonds is 6. The lowest BCUT2D eigenvalue weighted by atomic mass is 9.92. The molecule has 0 aliphatic heterocycles. The highest BCUT2D eigenvalue weighted by atomic mass is 32.1. The number of aryl methyl sites for hydroxylation is 4. The van der Waals surface area contributed by atoms with Crippen molar-refractivity contribution in [3.05, 3.63) is 74.2 Å². The van der Waals surface area contributed by atoms with Crippen LogP contribution in [0.5, 0.6) is 0 Å². The van der Waals surface area contributed by atoms with Crippen molar-refractivity contribution in [3.63, 3.8) is 0 Å². The summed E-state index contributed by atoms with van der Waals surface area (Å²) in [4.78, 5) is 22.2. The molecule has 0 spiro atoms. The van der Waals surface area contributed by atoms with Crippen LogP contribution in [0, 0.1) is 12.7 Å². The van der Waals surface area contributed by atoms with E-state index >= 15 is 0 Å². The molecule has 3 aromatic heterocycles. The topological polar surface area (TPSA) is 77.1 Å². The van der Waals surface area contributed by atoms with Crippen molar-refractivity contribution in [2.24, 2.45) is 0 Å². The lowest BCUT2D eigenvalue weighted by Gasteiger charge is -2.30. The molecule has 3 heterocycles. The molecule has 0 saturated carbocycles. The number of hydrogen-bond donors (Lipinski definition) is 0. The maximum atomic E-state index is 13.2. The smallest absolute Gasteiger partial charge is 0.262 e. The van der Waals surface area contributed by atoms with Crippen molar-refractivity contribution in [2.75, 3.05) is 7.05 Å². The van der Waals surface area contributed by atoms with Crippen LogP contribution in [0.3, 0.4) is 0 Å². The molecule has 1 aromatic carbocycles. The Morgan fingerprint density at radius 3 is 2.84 bits per heavy atom. The minimum absolute atomic E-state index is 0.0192. The molecule has 1 aliphatic carbocycles. The van der Waals surface area contributed by atoms with Gasteiger partial charge in [0.2, 0.25) is 0 Å². The first-order valence-corrected chi connectivity index (χ1v) is 11.5. The first-order chi connectivity index (χ1) is 15.5. The van der Waals surface area contributed by atoms with Gasteiger partial charge in [-0.3, -0.25) is 14.3 Å². The lowest BCUT2D eigenvalue weighted by molar-refractivity contribution is 0.207. The Balaban J connectivity index is 1.35. The summed E-state index contributed by atoms with van der Waals surface area (Å²) in [5.74, 6) is -0.254. The molecule has 5 rings (SSSR count). The zero-order valence-electron chi connectivity index (χ0n) is 18.0. The third-order valence-corrected chi connectivity index (χ3v) is 7.50. The Morgan fingerprint density at radius 1 is 1.28 bits per heavy atom. The molecule has 0 saturated heterocycles. The third kappa shape index (κ3) is 3.98. The number of likely N-dealkylation sites (N-methyl/N-ethyl adjacent to an activating group) is 1. The standard InChI is InChI=1S/C23H24FN5O2S/c1-14-19(27-31-26-14)12-28(2)17-7-8-18-20(11-17)32-22-21(18)23(30)29(13-25-22)10-9-15-3-5-16(24)6-4-15/h3-6,13,17H,7-12H2,1-2H3. The quantitative estimate of drug-likeness (QED) is 0.445. The van der Waals surface area contributed by atoms with Gasteiger partial charge in [0.25, 0.3) is 5.56 Å². The Bertz CT molecular complexity index is 1310. The van der Waals surface area contributed by atoms with Crippen molar-refractivity contribution >= 4 is 21.6 Å². The first kappa shape index (κ1) is 21.0. The summed E-state index contributed by atoms with van der Waals surface area (Å²) < 4.78 is 19.6. The second-order valence-electron chi connectivity index (χ2n) is 8.41. The van der Waals surface area contributed by atoms with Gasteiger partial charge in [-0.2, -0.15) is 0 Å². The van der Waals surface area contributed by atoms with Crippen LogP contribution in [-0.4, -0.2) is 37.9 Å². The van der Waals surface area contributed by atoms with E-state index in [2.05, 4.69) is 27.2 Å². The normalized spacial score (nSPS) is 16.1. The van der Waals surface area contributed by atoms with Gasteiger partial charge in [-0.05, 0) is 62.9 Å². The van der Waals surface area contributed by atoms with Gasteiger partial charge >= 0.3 is 0 Å². The summed E-state index contributed by atoms with van der Waals surface area (Å²) in [5, 5.41) is 8.63.